The number of fused-ring (bicyclic) bond motifs is 1. The molecule has 2 aliphatic rings. The lowest BCUT2D eigenvalue weighted by Crippen LogP contribution is -2.33. The van der Waals surface area contributed by atoms with Gasteiger partial charge in [-0.25, -0.2) is 0 Å². The lowest BCUT2D eigenvalue weighted by Gasteiger charge is -2.24. The lowest BCUT2D eigenvalue weighted by molar-refractivity contribution is 0.0642. The van der Waals surface area contributed by atoms with Crippen molar-refractivity contribution >= 4 is 17.7 Å². The minimum absolute atomic E-state index is 0.0843. The third-order valence-electron chi connectivity index (χ3n) is 6.55. The molecule has 1 aliphatic carbocycles. The molecule has 3 aromatic carbocycles. The fraction of sp³-hybridized carbons (Fsp3) is 0.276. The Bertz CT molecular complexity index is 1280. The Labute approximate surface area is 210 Å². The van der Waals surface area contributed by atoms with E-state index in [1.807, 2.05) is 36.1 Å². The molecule has 0 N–H and O–H groups in total. The van der Waals surface area contributed by atoms with Crippen LogP contribution in [0.15, 0.2) is 66.7 Å². The highest BCUT2D eigenvalue weighted by Crippen LogP contribution is 2.33. The second-order valence-electron chi connectivity index (χ2n) is 9.02. The average molecular weight is 485 g/mol. The van der Waals surface area contributed by atoms with Gasteiger partial charge in [-0.3, -0.25) is 19.3 Å². The van der Waals surface area contributed by atoms with Gasteiger partial charge in [0, 0.05) is 12.6 Å². The summed E-state index contributed by atoms with van der Waals surface area (Å²) >= 11 is 0. The molecule has 7 heteroatoms. The van der Waals surface area contributed by atoms with Crippen LogP contribution in [-0.2, 0) is 13.1 Å². The maximum absolute atomic E-state index is 13.8. The lowest BCUT2D eigenvalue weighted by atomic mass is 10.1. The molecule has 0 radical (unpaired) electrons. The number of amides is 3. The normalized spacial score (nSPS) is 14.6. The molecule has 0 atom stereocenters. The summed E-state index contributed by atoms with van der Waals surface area (Å²) in [6.45, 7) is 2.85. The van der Waals surface area contributed by atoms with Crippen LogP contribution in [0.5, 0.6) is 11.5 Å². The van der Waals surface area contributed by atoms with E-state index in [9.17, 15) is 14.4 Å². The second-order valence-corrected chi connectivity index (χ2v) is 9.02. The average Bonchev–Trinajstić information content (AvgIpc) is 3.72. The van der Waals surface area contributed by atoms with Gasteiger partial charge in [0.25, 0.3) is 17.7 Å². The van der Waals surface area contributed by atoms with Crippen LogP contribution >= 0.6 is 0 Å². The topological polar surface area (TPSA) is 76.2 Å². The molecule has 0 aromatic heterocycles. The molecule has 5 rings (SSSR count). The number of ether oxygens (including phenoxy) is 2. The molecule has 0 bridgehead atoms. The first-order valence-corrected chi connectivity index (χ1v) is 12.1. The van der Waals surface area contributed by atoms with E-state index < -0.39 is 0 Å². The summed E-state index contributed by atoms with van der Waals surface area (Å²) in [5.74, 6) is 0.491. The van der Waals surface area contributed by atoms with Gasteiger partial charge in [-0.15, -0.1) is 0 Å². The van der Waals surface area contributed by atoms with Gasteiger partial charge in [0.2, 0.25) is 0 Å². The first-order valence-electron chi connectivity index (χ1n) is 12.1. The van der Waals surface area contributed by atoms with Gasteiger partial charge in [-0.1, -0.05) is 30.3 Å². The van der Waals surface area contributed by atoms with E-state index in [-0.39, 0.29) is 30.3 Å². The molecular formula is C29H28N2O5. The minimum Gasteiger partial charge on any atom is -0.497 e. The van der Waals surface area contributed by atoms with Gasteiger partial charge in [0.15, 0.2) is 0 Å². The van der Waals surface area contributed by atoms with E-state index in [1.54, 1.807) is 49.6 Å². The van der Waals surface area contributed by atoms with Gasteiger partial charge in [0.05, 0.1) is 37.0 Å². The quantitative estimate of drug-likeness (QED) is 0.412. The Kier molecular flexibility index (Phi) is 6.46. The molecule has 7 nitrogen and oxygen atoms in total. The number of hydrogen-bond donors (Lipinski definition) is 0. The van der Waals surface area contributed by atoms with Crippen molar-refractivity contribution in [3.05, 3.63) is 94.5 Å². The van der Waals surface area contributed by atoms with Crippen molar-refractivity contribution < 1.29 is 23.9 Å². The van der Waals surface area contributed by atoms with Gasteiger partial charge in [-0.2, -0.15) is 0 Å². The van der Waals surface area contributed by atoms with Gasteiger partial charge < -0.3 is 14.4 Å². The van der Waals surface area contributed by atoms with Crippen molar-refractivity contribution in [1.29, 1.82) is 0 Å². The Morgan fingerprint density at radius 2 is 1.58 bits per heavy atom. The van der Waals surface area contributed by atoms with E-state index in [0.717, 1.165) is 24.2 Å². The van der Waals surface area contributed by atoms with Crippen LogP contribution in [0.4, 0.5) is 0 Å². The zero-order valence-electron chi connectivity index (χ0n) is 20.4. The highest BCUT2D eigenvalue weighted by Gasteiger charge is 2.36. The van der Waals surface area contributed by atoms with Gasteiger partial charge in [-0.05, 0) is 67.3 Å². The number of carbonyl (C=O) groups excluding carboxylic acids is 3. The second kappa shape index (κ2) is 9.85. The van der Waals surface area contributed by atoms with E-state index in [4.69, 9.17) is 9.47 Å². The molecule has 0 unspecified atom stereocenters. The first-order chi connectivity index (χ1) is 17.5. The van der Waals surface area contributed by atoms with Crippen LogP contribution in [0.2, 0.25) is 0 Å². The predicted molar refractivity (Wildman–Crippen MR) is 134 cm³/mol. The standard InChI is InChI=1S/C29H28N2O5/c1-3-36-26-15-10-20(18-31-27(32)23-6-4-5-7-24(23)28(31)33)16-25(26)29(34)30(21-11-12-21)17-19-8-13-22(35-2)14-9-19/h4-10,13-16,21H,3,11-12,17-18H2,1-2H3. The monoisotopic (exact) mass is 484 g/mol. The van der Waals surface area contributed by atoms with Gasteiger partial charge >= 0.3 is 0 Å². The molecule has 184 valence electrons. The smallest absolute Gasteiger partial charge is 0.261 e. The summed E-state index contributed by atoms with van der Waals surface area (Å²) in [5.41, 5.74) is 2.95. The highest BCUT2D eigenvalue weighted by molar-refractivity contribution is 6.21. The number of hydrogen-bond acceptors (Lipinski definition) is 5. The highest BCUT2D eigenvalue weighted by atomic mass is 16.5. The van der Waals surface area contributed by atoms with Crippen molar-refractivity contribution in [3.8, 4) is 11.5 Å². The van der Waals surface area contributed by atoms with Crippen molar-refractivity contribution in [2.45, 2.75) is 38.9 Å². The van der Waals surface area contributed by atoms with Crippen molar-refractivity contribution in [1.82, 2.24) is 9.80 Å². The predicted octanol–water partition coefficient (Wildman–Crippen LogP) is 4.69. The van der Waals surface area contributed by atoms with Crippen LogP contribution < -0.4 is 9.47 Å². The molecular weight excluding hydrogens is 456 g/mol. The summed E-state index contributed by atoms with van der Waals surface area (Å²) < 4.78 is 11.0. The number of carbonyl (C=O) groups is 3. The Morgan fingerprint density at radius 3 is 2.17 bits per heavy atom. The van der Waals surface area contributed by atoms with Crippen LogP contribution in [0.1, 0.15) is 62.0 Å². The van der Waals surface area contributed by atoms with E-state index >= 15 is 0 Å². The molecule has 1 fully saturated rings. The third-order valence-corrected chi connectivity index (χ3v) is 6.55. The number of methoxy groups -OCH3 is 1. The molecule has 1 aliphatic heterocycles. The van der Waals surface area contributed by atoms with E-state index in [2.05, 4.69) is 0 Å². The molecule has 1 saturated carbocycles. The fourth-order valence-corrected chi connectivity index (χ4v) is 4.52. The summed E-state index contributed by atoms with van der Waals surface area (Å²) in [6, 6.07) is 20.0. The Balaban J connectivity index is 1.42. The van der Waals surface area contributed by atoms with Crippen molar-refractivity contribution in [2.24, 2.45) is 0 Å². The summed E-state index contributed by atoms with van der Waals surface area (Å²) in [4.78, 5) is 42.6. The van der Waals surface area contributed by atoms with Crippen molar-refractivity contribution in [2.75, 3.05) is 13.7 Å². The SMILES string of the molecule is CCOc1ccc(CN2C(=O)c3ccccc3C2=O)cc1C(=O)N(Cc1ccc(OC)cc1)C1CC1. The molecule has 3 amide bonds. The van der Waals surface area contributed by atoms with E-state index in [0.29, 0.717) is 41.2 Å². The molecule has 1 heterocycles. The number of imide groups is 1. The minimum atomic E-state index is -0.323. The largest absolute Gasteiger partial charge is 0.497 e. The molecule has 3 aromatic rings. The molecule has 0 saturated heterocycles. The van der Waals surface area contributed by atoms with Crippen LogP contribution in [0.25, 0.3) is 0 Å². The molecule has 36 heavy (non-hydrogen) atoms. The number of rotatable bonds is 9. The maximum Gasteiger partial charge on any atom is 0.261 e. The Hall–Kier alpha value is -4.13. The van der Waals surface area contributed by atoms with Crippen LogP contribution in [0.3, 0.4) is 0 Å². The number of benzene rings is 3. The first kappa shape index (κ1) is 23.6. The van der Waals surface area contributed by atoms with Gasteiger partial charge in [0.1, 0.15) is 11.5 Å². The van der Waals surface area contributed by atoms with Crippen LogP contribution in [0, 0.1) is 0 Å². The number of nitrogens with zero attached hydrogens (tertiary/aromatic N) is 2. The molecule has 0 spiro atoms. The van der Waals surface area contributed by atoms with Crippen molar-refractivity contribution in [3.63, 3.8) is 0 Å². The Morgan fingerprint density at radius 1 is 0.944 bits per heavy atom. The third kappa shape index (κ3) is 4.56. The zero-order chi connectivity index (χ0) is 25.2. The van der Waals surface area contributed by atoms with Crippen LogP contribution in [-0.4, -0.2) is 47.3 Å². The maximum atomic E-state index is 13.8. The zero-order valence-corrected chi connectivity index (χ0v) is 20.4. The summed E-state index contributed by atoms with van der Waals surface area (Å²) in [6.07, 6.45) is 1.92. The fourth-order valence-electron chi connectivity index (χ4n) is 4.52. The van der Waals surface area contributed by atoms with E-state index in [1.165, 1.54) is 4.90 Å². The summed E-state index contributed by atoms with van der Waals surface area (Å²) in [5, 5.41) is 0. The summed E-state index contributed by atoms with van der Waals surface area (Å²) in [7, 11) is 1.62.